The van der Waals surface area contributed by atoms with E-state index in [0.29, 0.717) is 23.7 Å². The minimum absolute atomic E-state index is 0.0394. The molecular weight excluding hydrogens is 410 g/mol. The number of para-hydroxylation sites is 1. The molecule has 31 heavy (non-hydrogen) atoms. The lowest BCUT2D eigenvalue weighted by atomic mass is 10.1. The number of rotatable bonds is 3. The Morgan fingerprint density at radius 3 is 2.45 bits per heavy atom. The average molecular weight is 432 g/mol. The molecule has 0 bridgehead atoms. The van der Waals surface area contributed by atoms with Gasteiger partial charge in [-0.3, -0.25) is 9.36 Å². The van der Waals surface area contributed by atoms with E-state index in [1.807, 2.05) is 60.4 Å². The van der Waals surface area contributed by atoms with Gasteiger partial charge in [0.05, 0.1) is 16.1 Å². The molecule has 1 aliphatic heterocycles. The van der Waals surface area contributed by atoms with Crippen molar-refractivity contribution in [2.75, 3.05) is 31.1 Å². The van der Waals surface area contributed by atoms with Gasteiger partial charge in [-0.05, 0) is 49.4 Å². The number of amides is 1. The SMILES string of the molecule is Cc1nc2cc(C(=O)N3CCN(c4ccc(Cl)cn4)CC3)ccc2n1-c1ccccc1. The van der Waals surface area contributed by atoms with Gasteiger partial charge in [-0.15, -0.1) is 0 Å². The summed E-state index contributed by atoms with van der Waals surface area (Å²) >= 11 is 5.93. The van der Waals surface area contributed by atoms with Crippen molar-refractivity contribution in [3.63, 3.8) is 0 Å². The number of hydrogen-bond donors (Lipinski definition) is 0. The van der Waals surface area contributed by atoms with Gasteiger partial charge in [0.25, 0.3) is 5.91 Å². The first kappa shape index (κ1) is 19.6. The number of anilines is 1. The first-order chi connectivity index (χ1) is 15.1. The molecule has 0 N–H and O–H groups in total. The number of fused-ring (bicyclic) bond motifs is 1. The Kier molecular flexibility index (Phi) is 5.08. The third-order valence-corrected chi connectivity index (χ3v) is 5.91. The van der Waals surface area contributed by atoms with Crippen molar-refractivity contribution in [1.82, 2.24) is 19.4 Å². The Morgan fingerprint density at radius 2 is 1.74 bits per heavy atom. The predicted octanol–water partition coefficient (Wildman–Crippen LogP) is 4.34. The summed E-state index contributed by atoms with van der Waals surface area (Å²) in [5.41, 5.74) is 3.56. The van der Waals surface area contributed by atoms with Crippen LogP contribution in [0.2, 0.25) is 5.02 Å². The fraction of sp³-hybridized carbons (Fsp3) is 0.208. The maximum absolute atomic E-state index is 13.1. The van der Waals surface area contributed by atoms with E-state index in [1.165, 1.54) is 0 Å². The van der Waals surface area contributed by atoms with Crippen LogP contribution in [-0.2, 0) is 0 Å². The highest BCUT2D eigenvalue weighted by atomic mass is 35.5. The van der Waals surface area contributed by atoms with Crippen LogP contribution in [0.5, 0.6) is 0 Å². The van der Waals surface area contributed by atoms with Gasteiger partial charge in [0.2, 0.25) is 0 Å². The number of benzene rings is 2. The molecule has 156 valence electrons. The number of nitrogens with zero attached hydrogens (tertiary/aromatic N) is 5. The second kappa shape index (κ2) is 8.04. The summed E-state index contributed by atoms with van der Waals surface area (Å²) in [5.74, 6) is 1.83. The third-order valence-electron chi connectivity index (χ3n) is 5.69. The zero-order valence-electron chi connectivity index (χ0n) is 17.2. The third kappa shape index (κ3) is 3.75. The number of aryl methyl sites for hydroxylation is 1. The molecule has 4 aromatic rings. The minimum atomic E-state index is 0.0394. The first-order valence-electron chi connectivity index (χ1n) is 10.3. The standard InChI is InChI=1S/C24H22ClN5O/c1-17-27-21-15-18(7-9-22(21)30(17)20-5-3-2-4-6-20)24(31)29-13-11-28(12-14-29)23-10-8-19(25)16-26-23/h2-10,15-16H,11-14H2,1H3. The molecule has 1 amide bonds. The molecule has 0 saturated carbocycles. The Bertz CT molecular complexity index is 1230. The topological polar surface area (TPSA) is 54.3 Å². The highest BCUT2D eigenvalue weighted by Gasteiger charge is 2.23. The Morgan fingerprint density at radius 1 is 0.968 bits per heavy atom. The van der Waals surface area contributed by atoms with Crippen LogP contribution in [0, 0.1) is 6.92 Å². The van der Waals surface area contributed by atoms with Crippen molar-refractivity contribution in [1.29, 1.82) is 0 Å². The molecular formula is C24H22ClN5O. The zero-order valence-corrected chi connectivity index (χ0v) is 18.0. The number of halogens is 1. The van der Waals surface area contributed by atoms with Crippen molar-refractivity contribution in [2.24, 2.45) is 0 Å². The monoisotopic (exact) mass is 431 g/mol. The van der Waals surface area contributed by atoms with Gasteiger partial charge in [0, 0.05) is 43.6 Å². The van der Waals surface area contributed by atoms with Gasteiger partial charge in [-0.25, -0.2) is 9.97 Å². The van der Waals surface area contributed by atoms with Crippen molar-refractivity contribution in [2.45, 2.75) is 6.92 Å². The summed E-state index contributed by atoms with van der Waals surface area (Å²) in [5, 5.41) is 0.623. The van der Waals surface area contributed by atoms with Crippen molar-refractivity contribution in [3.8, 4) is 5.69 Å². The Hall–Kier alpha value is -3.38. The number of aromatic nitrogens is 3. The van der Waals surface area contributed by atoms with E-state index >= 15 is 0 Å². The van der Waals surface area contributed by atoms with Crippen molar-refractivity contribution in [3.05, 3.63) is 83.3 Å². The van der Waals surface area contributed by atoms with Gasteiger partial charge in [0.15, 0.2) is 0 Å². The molecule has 0 aliphatic carbocycles. The summed E-state index contributed by atoms with van der Waals surface area (Å²) in [6, 6.07) is 19.7. The van der Waals surface area contributed by atoms with Crippen LogP contribution in [0.1, 0.15) is 16.2 Å². The summed E-state index contributed by atoms with van der Waals surface area (Å²) in [6.07, 6.45) is 1.65. The minimum Gasteiger partial charge on any atom is -0.353 e. The number of hydrogen-bond acceptors (Lipinski definition) is 4. The van der Waals surface area contributed by atoms with E-state index in [4.69, 9.17) is 16.6 Å². The van der Waals surface area contributed by atoms with Gasteiger partial charge >= 0.3 is 0 Å². The number of imidazole rings is 1. The lowest BCUT2D eigenvalue weighted by Gasteiger charge is -2.35. The van der Waals surface area contributed by atoms with Crippen molar-refractivity contribution < 1.29 is 4.79 Å². The lowest BCUT2D eigenvalue weighted by molar-refractivity contribution is 0.0746. The fourth-order valence-corrected chi connectivity index (χ4v) is 4.22. The second-order valence-corrected chi connectivity index (χ2v) is 8.08. The predicted molar refractivity (Wildman–Crippen MR) is 123 cm³/mol. The Labute approximate surface area is 185 Å². The lowest BCUT2D eigenvalue weighted by Crippen LogP contribution is -2.49. The maximum atomic E-state index is 13.1. The van der Waals surface area contributed by atoms with Crippen LogP contribution in [0.15, 0.2) is 66.9 Å². The van der Waals surface area contributed by atoms with Gasteiger partial charge in [-0.2, -0.15) is 0 Å². The van der Waals surface area contributed by atoms with Crippen LogP contribution >= 0.6 is 11.6 Å². The van der Waals surface area contributed by atoms with E-state index in [2.05, 4.69) is 26.6 Å². The number of carbonyl (C=O) groups is 1. The molecule has 7 heteroatoms. The molecule has 0 unspecified atom stereocenters. The molecule has 1 saturated heterocycles. The molecule has 6 nitrogen and oxygen atoms in total. The fourth-order valence-electron chi connectivity index (χ4n) is 4.11. The maximum Gasteiger partial charge on any atom is 0.254 e. The molecule has 2 aromatic carbocycles. The second-order valence-electron chi connectivity index (χ2n) is 7.65. The summed E-state index contributed by atoms with van der Waals surface area (Å²) in [6.45, 7) is 4.77. The summed E-state index contributed by atoms with van der Waals surface area (Å²) in [7, 11) is 0. The molecule has 2 aromatic heterocycles. The van der Waals surface area contributed by atoms with E-state index in [1.54, 1.807) is 6.20 Å². The van der Waals surface area contributed by atoms with Crippen molar-refractivity contribution >= 4 is 34.4 Å². The molecule has 1 aliphatic rings. The van der Waals surface area contributed by atoms with Gasteiger partial charge in [-0.1, -0.05) is 29.8 Å². The smallest absolute Gasteiger partial charge is 0.254 e. The van der Waals surface area contributed by atoms with Crippen LogP contribution < -0.4 is 4.90 Å². The highest BCUT2D eigenvalue weighted by molar-refractivity contribution is 6.30. The van der Waals surface area contributed by atoms with Crippen LogP contribution in [-0.4, -0.2) is 51.5 Å². The zero-order chi connectivity index (χ0) is 21.4. The first-order valence-corrected chi connectivity index (χ1v) is 10.7. The number of piperazine rings is 1. The number of carbonyl (C=O) groups excluding carboxylic acids is 1. The molecule has 0 radical (unpaired) electrons. The summed E-state index contributed by atoms with van der Waals surface area (Å²) < 4.78 is 2.11. The van der Waals surface area contributed by atoms with E-state index < -0.39 is 0 Å². The van der Waals surface area contributed by atoms with Crippen LogP contribution in [0.3, 0.4) is 0 Å². The number of pyridine rings is 1. The quantitative estimate of drug-likeness (QED) is 0.484. The van der Waals surface area contributed by atoms with Crippen LogP contribution in [0.25, 0.3) is 16.7 Å². The molecule has 0 spiro atoms. The highest BCUT2D eigenvalue weighted by Crippen LogP contribution is 2.23. The molecule has 1 fully saturated rings. The Balaban J connectivity index is 1.34. The van der Waals surface area contributed by atoms with Crippen LogP contribution in [0.4, 0.5) is 5.82 Å². The summed E-state index contributed by atoms with van der Waals surface area (Å²) in [4.78, 5) is 26.3. The molecule has 3 heterocycles. The van der Waals surface area contributed by atoms with E-state index in [9.17, 15) is 4.79 Å². The molecule has 5 rings (SSSR count). The van der Waals surface area contributed by atoms with Gasteiger partial charge in [0.1, 0.15) is 11.6 Å². The normalized spacial score (nSPS) is 14.3. The van der Waals surface area contributed by atoms with Gasteiger partial charge < -0.3 is 9.80 Å². The van der Waals surface area contributed by atoms with E-state index in [-0.39, 0.29) is 5.91 Å². The average Bonchev–Trinajstić information content (AvgIpc) is 3.14. The van der Waals surface area contributed by atoms with E-state index in [0.717, 1.165) is 41.5 Å². The molecule has 0 atom stereocenters. The largest absolute Gasteiger partial charge is 0.353 e.